The van der Waals surface area contributed by atoms with Crippen molar-refractivity contribution in [3.8, 4) is 5.75 Å². The van der Waals surface area contributed by atoms with Crippen molar-refractivity contribution in [1.29, 1.82) is 0 Å². The molecule has 3 heteroatoms. The van der Waals surface area contributed by atoms with Gasteiger partial charge in [0.2, 0.25) is 0 Å². The predicted octanol–water partition coefficient (Wildman–Crippen LogP) is 5.12. The standard InChI is InChI=1S/C18H20BrNO/c1-12-5-3-4-6-18(12)13-7-15(8-13)20-16-9-14(19)10-17(11-16)21-2/h3-6,9-11,13,15,20H,7-8H2,1-2H3. The molecule has 0 saturated heterocycles. The maximum absolute atomic E-state index is 5.31. The molecule has 1 aliphatic carbocycles. The zero-order valence-electron chi connectivity index (χ0n) is 12.4. The van der Waals surface area contributed by atoms with Gasteiger partial charge in [0, 0.05) is 22.3 Å². The highest BCUT2D eigenvalue weighted by atomic mass is 79.9. The van der Waals surface area contributed by atoms with E-state index in [1.54, 1.807) is 7.11 Å². The molecule has 110 valence electrons. The molecule has 0 bridgehead atoms. The minimum absolute atomic E-state index is 0.550. The minimum atomic E-state index is 0.550. The molecule has 0 atom stereocenters. The summed E-state index contributed by atoms with van der Waals surface area (Å²) in [6.07, 6.45) is 2.39. The topological polar surface area (TPSA) is 21.3 Å². The molecule has 1 fully saturated rings. The molecule has 2 aromatic rings. The summed E-state index contributed by atoms with van der Waals surface area (Å²) in [4.78, 5) is 0. The highest BCUT2D eigenvalue weighted by Crippen LogP contribution is 2.40. The molecular formula is C18H20BrNO. The molecular weight excluding hydrogens is 326 g/mol. The third-order valence-electron chi connectivity index (χ3n) is 4.24. The van der Waals surface area contributed by atoms with Gasteiger partial charge in [0.25, 0.3) is 0 Å². The van der Waals surface area contributed by atoms with Crippen molar-refractivity contribution in [2.75, 3.05) is 12.4 Å². The highest BCUT2D eigenvalue weighted by molar-refractivity contribution is 9.10. The Bertz CT molecular complexity index is 635. The van der Waals surface area contributed by atoms with Crippen LogP contribution in [0.1, 0.15) is 29.9 Å². The molecule has 0 heterocycles. The summed E-state index contributed by atoms with van der Waals surface area (Å²) in [5.41, 5.74) is 4.03. The van der Waals surface area contributed by atoms with Gasteiger partial charge in [-0.1, -0.05) is 40.2 Å². The van der Waals surface area contributed by atoms with E-state index >= 15 is 0 Å². The van der Waals surface area contributed by atoms with E-state index in [2.05, 4.69) is 58.5 Å². The molecule has 0 radical (unpaired) electrons. The quantitative estimate of drug-likeness (QED) is 0.829. The van der Waals surface area contributed by atoms with E-state index in [4.69, 9.17) is 4.74 Å². The van der Waals surface area contributed by atoms with E-state index in [1.165, 1.54) is 24.0 Å². The van der Waals surface area contributed by atoms with Crippen molar-refractivity contribution in [1.82, 2.24) is 0 Å². The molecule has 2 nitrogen and oxygen atoms in total. The molecule has 2 aromatic carbocycles. The molecule has 21 heavy (non-hydrogen) atoms. The zero-order chi connectivity index (χ0) is 14.8. The maximum Gasteiger partial charge on any atom is 0.122 e. The zero-order valence-corrected chi connectivity index (χ0v) is 14.0. The van der Waals surface area contributed by atoms with Crippen LogP contribution < -0.4 is 10.1 Å². The van der Waals surface area contributed by atoms with Gasteiger partial charge >= 0.3 is 0 Å². The predicted molar refractivity (Wildman–Crippen MR) is 91.3 cm³/mol. The summed E-state index contributed by atoms with van der Waals surface area (Å²) < 4.78 is 6.35. The van der Waals surface area contributed by atoms with E-state index in [0.29, 0.717) is 12.0 Å². The number of hydrogen-bond acceptors (Lipinski definition) is 2. The van der Waals surface area contributed by atoms with Crippen molar-refractivity contribution in [2.24, 2.45) is 0 Å². The summed E-state index contributed by atoms with van der Waals surface area (Å²) in [5.74, 6) is 1.57. The molecule has 1 aliphatic rings. The highest BCUT2D eigenvalue weighted by Gasteiger charge is 2.30. The minimum Gasteiger partial charge on any atom is -0.497 e. The van der Waals surface area contributed by atoms with Crippen LogP contribution in [0.5, 0.6) is 5.75 Å². The average Bonchev–Trinajstić information content (AvgIpc) is 2.43. The normalized spacial score (nSPS) is 20.7. The van der Waals surface area contributed by atoms with Crippen molar-refractivity contribution in [3.63, 3.8) is 0 Å². The molecule has 0 aliphatic heterocycles. The summed E-state index contributed by atoms with van der Waals surface area (Å²) in [5, 5.41) is 3.60. The molecule has 0 aromatic heterocycles. The van der Waals surface area contributed by atoms with Crippen LogP contribution in [-0.2, 0) is 0 Å². The van der Waals surface area contributed by atoms with Crippen LogP contribution in [0.2, 0.25) is 0 Å². The van der Waals surface area contributed by atoms with Crippen molar-refractivity contribution >= 4 is 21.6 Å². The van der Waals surface area contributed by atoms with Gasteiger partial charge in [-0.3, -0.25) is 0 Å². The van der Waals surface area contributed by atoms with Crippen LogP contribution in [0.3, 0.4) is 0 Å². The van der Waals surface area contributed by atoms with Crippen LogP contribution in [0.4, 0.5) is 5.69 Å². The smallest absolute Gasteiger partial charge is 0.122 e. The molecule has 1 saturated carbocycles. The van der Waals surface area contributed by atoms with Crippen molar-refractivity contribution in [3.05, 3.63) is 58.1 Å². The van der Waals surface area contributed by atoms with E-state index in [9.17, 15) is 0 Å². The Morgan fingerprint density at radius 1 is 1.14 bits per heavy atom. The molecule has 0 spiro atoms. The number of anilines is 1. The summed E-state index contributed by atoms with van der Waals surface area (Å²) >= 11 is 3.52. The molecule has 0 unspecified atom stereocenters. The first-order valence-electron chi connectivity index (χ1n) is 7.32. The summed E-state index contributed by atoms with van der Waals surface area (Å²) in [6.45, 7) is 2.20. The number of ether oxygens (including phenoxy) is 1. The summed E-state index contributed by atoms with van der Waals surface area (Å²) in [6, 6.07) is 15.4. The van der Waals surface area contributed by atoms with Gasteiger partial charge in [-0.15, -0.1) is 0 Å². The average molecular weight is 346 g/mol. The van der Waals surface area contributed by atoms with E-state index in [0.717, 1.165) is 15.9 Å². The fraction of sp³-hybridized carbons (Fsp3) is 0.333. The monoisotopic (exact) mass is 345 g/mol. The van der Waals surface area contributed by atoms with Crippen LogP contribution in [0.25, 0.3) is 0 Å². The lowest BCUT2D eigenvalue weighted by Crippen LogP contribution is -2.34. The Labute approximate surface area is 134 Å². The number of nitrogens with one attached hydrogen (secondary N) is 1. The van der Waals surface area contributed by atoms with Gasteiger partial charge in [0.15, 0.2) is 0 Å². The maximum atomic E-state index is 5.31. The fourth-order valence-corrected chi connectivity index (χ4v) is 3.51. The van der Waals surface area contributed by atoms with Gasteiger partial charge in [-0.25, -0.2) is 0 Å². The summed E-state index contributed by atoms with van der Waals surface area (Å²) in [7, 11) is 1.70. The largest absolute Gasteiger partial charge is 0.497 e. The number of benzene rings is 2. The van der Waals surface area contributed by atoms with Crippen LogP contribution in [0.15, 0.2) is 46.9 Å². The van der Waals surface area contributed by atoms with Gasteiger partial charge in [0.1, 0.15) is 5.75 Å². The van der Waals surface area contributed by atoms with E-state index < -0.39 is 0 Å². The third kappa shape index (κ3) is 3.24. The number of aryl methyl sites for hydroxylation is 1. The van der Waals surface area contributed by atoms with Crippen molar-refractivity contribution in [2.45, 2.75) is 31.7 Å². The molecule has 3 rings (SSSR count). The van der Waals surface area contributed by atoms with Crippen LogP contribution in [0, 0.1) is 6.92 Å². The molecule has 1 N–H and O–H groups in total. The van der Waals surface area contributed by atoms with Gasteiger partial charge < -0.3 is 10.1 Å². The van der Waals surface area contributed by atoms with E-state index in [-0.39, 0.29) is 0 Å². The Morgan fingerprint density at radius 2 is 1.90 bits per heavy atom. The van der Waals surface area contributed by atoms with Crippen LogP contribution >= 0.6 is 15.9 Å². The number of methoxy groups -OCH3 is 1. The van der Waals surface area contributed by atoms with E-state index in [1.807, 2.05) is 12.1 Å². The Morgan fingerprint density at radius 3 is 2.62 bits per heavy atom. The Kier molecular flexibility index (Phi) is 4.20. The SMILES string of the molecule is COc1cc(Br)cc(NC2CC(c3ccccc3C)C2)c1. The first-order chi connectivity index (χ1) is 10.2. The number of halogens is 1. The lowest BCUT2D eigenvalue weighted by Gasteiger charge is -2.37. The lowest BCUT2D eigenvalue weighted by atomic mass is 9.74. The van der Waals surface area contributed by atoms with Crippen LogP contribution in [-0.4, -0.2) is 13.2 Å². The second-order valence-corrected chi connectivity index (χ2v) is 6.66. The van der Waals surface area contributed by atoms with Gasteiger partial charge in [-0.2, -0.15) is 0 Å². The molecule has 0 amide bonds. The first-order valence-corrected chi connectivity index (χ1v) is 8.11. The second-order valence-electron chi connectivity index (χ2n) is 5.75. The fourth-order valence-electron chi connectivity index (χ4n) is 3.03. The lowest BCUT2D eigenvalue weighted by molar-refractivity contribution is 0.372. The number of hydrogen-bond donors (Lipinski definition) is 1. The Hall–Kier alpha value is -1.48. The van der Waals surface area contributed by atoms with Crippen molar-refractivity contribution < 1.29 is 4.74 Å². The third-order valence-corrected chi connectivity index (χ3v) is 4.70. The first kappa shape index (κ1) is 14.5. The second kappa shape index (κ2) is 6.10. The number of rotatable bonds is 4. The Balaban J connectivity index is 1.62. The van der Waals surface area contributed by atoms with Gasteiger partial charge in [-0.05, 0) is 48.9 Å². The van der Waals surface area contributed by atoms with Gasteiger partial charge in [0.05, 0.1) is 7.11 Å².